The molecule has 28 heavy (non-hydrogen) atoms. The number of rotatable bonds is 2. The van der Waals surface area contributed by atoms with Gasteiger partial charge in [0.05, 0.1) is 7.11 Å². The molecule has 0 atom stereocenters. The van der Waals surface area contributed by atoms with Crippen LogP contribution >= 0.6 is 0 Å². The Hall–Kier alpha value is -2.55. The Balaban J connectivity index is 1.86. The van der Waals surface area contributed by atoms with Crippen LogP contribution in [0.3, 0.4) is 0 Å². The highest BCUT2D eigenvalue weighted by atomic mass is 16.5. The topological polar surface area (TPSA) is 31.2 Å². The van der Waals surface area contributed by atoms with Crippen molar-refractivity contribution in [1.82, 2.24) is 4.57 Å². The number of hydrogen-bond donors (Lipinski definition) is 0. The normalized spacial score (nSPS) is 17.4. The highest BCUT2D eigenvalue weighted by Crippen LogP contribution is 2.47. The summed E-state index contributed by atoms with van der Waals surface area (Å²) >= 11 is 0. The van der Waals surface area contributed by atoms with Gasteiger partial charge in [-0.3, -0.25) is 0 Å². The van der Waals surface area contributed by atoms with Crippen LogP contribution in [-0.2, 0) is 22.6 Å². The average Bonchev–Trinajstić information content (AvgIpc) is 3.05. The first-order chi connectivity index (χ1) is 13.1. The molecular weight excluding hydrogens is 346 g/mol. The van der Waals surface area contributed by atoms with E-state index in [9.17, 15) is 4.79 Å². The van der Waals surface area contributed by atoms with Crippen LogP contribution in [0.5, 0.6) is 0 Å². The van der Waals surface area contributed by atoms with Crippen molar-refractivity contribution in [3.8, 4) is 11.1 Å². The van der Waals surface area contributed by atoms with Crippen molar-refractivity contribution in [2.45, 2.75) is 51.4 Å². The van der Waals surface area contributed by atoms with Crippen LogP contribution in [-0.4, -0.2) is 17.6 Å². The lowest BCUT2D eigenvalue weighted by Crippen LogP contribution is -2.33. The van der Waals surface area contributed by atoms with Gasteiger partial charge in [-0.2, -0.15) is 0 Å². The van der Waals surface area contributed by atoms with Crippen LogP contribution in [0, 0.1) is 0 Å². The van der Waals surface area contributed by atoms with Gasteiger partial charge in [0, 0.05) is 18.8 Å². The Kier molecular flexibility index (Phi) is 4.18. The molecule has 0 bridgehead atoms. The summed E-state index contributed by atoms with van der Waals surface area (Å²) in [6.45, 7) is 9.44. The van der Waals surface area contributed by atoms with Gasteiger partial charge in [0.1, 0.15) is 5.69 Å². The van der Waals surface area contributed by atoms with Crippen LogP contribution in [0.2, 0.25) is 0 Å². The van der Waals surface area contributed by atoms with E-state index in [-0.39, 0.29) is 16.8 Å². The molecule has 3 aromatic rings. The zero-order valence-corrected chi connectivity index (χ0v) is 17.7. The fourth-order valence-electron chi connectivity index (χ4n) is 4.52. The SMILES string of the molecule is COC(=O)c1cc(-c2ccc3cc4c(cc3c2)C(C)(C)CCC4(C)C)cn1C. The van der Waals surface area contributed by atoms with E-state index in [1.807, 2.05) is 23.9 Å². The maximum absolute atomic E-state index is 11.9. The molecule has 0 unspecified atom stereocenters. The predicted molar refractivity (Wildman–Crippen MR) is 115 cm³/mol. The highest BCUT2D eigenvalue weighted by Gasteiger charge is 2.37. The molecule has 4 rings (SSSR count). The number of esters is 1. The molecule has 0 aliphatic heterocycles. The predicted octanol–water partition coefficient (Wildman–Crippen LogP) is 5.98. The van der Waals surface area contributed by atoms with Gasteiger partial charge in [0.2, 0.25) is 0 Å². The Morgan fingerprint density at radius 2 is 1.50 bits per heavy atom. The van der Waals surface area contributed by atoms with E-state index >= 15 is 0 Å². The van der Waals surface area contributed by atoms with E-state index in [4.69, 9.17) is 4.74 Å². The van der Waals surface area contributed by atoms with Crippen molar-refractivity contribution in [1.29, 1.82) is 0 Å². The molecule has 2 aromatic carbocycles. The Morgan fingerprint density at radius 3 is 2.11 bits per heavy atom. The maximum atomic E-state index is 11.9. The number of ether oxygens (including phenoxy) is 1. The van der Waals surface area contributed by atoms with Crippen LogP contribution in [0.1, 0.15) is 62.2 Å². The number of nitrogens with zero attached hydrogens (tertiary/aromatic N) is 1. The Labute approximate surface area is 167 Å². The van der Waals surface area contributed by atoms with Gasteiger partial charge in [-0.25, -0.2) is 4.79 Å². The monoisotopic (exact) mass is 375 g/mol. The fourth-order valence-corrected chi connectivity index (χ4v) is 4.52. The number of aromatic nitrogens is 1. The van der Waals surface area contributed by atoms with E-state index in [1.165, 1.54) is 41.9 Å². The highest BCUT2D eigenvalue weighted by molar-refractivity contribution is 5.92. The van der Waals surface area contributed by atoms with Gasteiger partial charge in [-0.1, -0.05) is 52.0 Å². The molecule has 0 saturated carbocycles. The summed E-state index contributed by atoms with van der Waals surface area (Å²) in [4.78, 5) is 11.9. The first kappa shape index (κ1) is 18.8. The molecule has 1 aliphatic carbocycles. The van der Waals surface area contributed by atoms with Gasteiger partial charge < -0.3 is 9.30 Å². The van der Waals surface area contributed by atoms with E-state index in [2.05, 4.69) is 58.0 Å². The van der Waals surface area contributed by atoms with Crippen molar-refractivity contribution >= 4 is 16.7 Å². The zero-order valence-electron chi connectivity index (χ0n) is 17.7. The minimum Gasteiger partial charge on any atom is -0.464 e. The second kappa shape index (κ2) is 6.23. The Bertz CT molecular complexity index is 1090. The molecule has 0 N–H and O–H groups in total. The van der Waals surface area contributed by atoms with Crippen molar-refractivity contribution in [3.63, 3.8) is 0 Å². The summed E-state index contributed by atoms with van der Waals surface area (Å²) in [5, 5.41) is 2.53. The first-order valence-electron chi connectivity index (χ1n) is 9.96. The number of benzene rings is 2. The quantitative estimate of drug-likeness (QED) is 0.516. The van der Waals surface area contributed by atoms with Crippen LogP contribution in [0.4, 0.5) is 0 Å². The average molecular weight is 376 g/mol. The molecule has 1 aliphatic rings. The molecule has 0 fully saturated rings. The third-order valence-electron chi connectivity index (χ3n) is 6.54. The largest absolute Gasteiger partial charge is 0.464 e. The van der Waals surface area contributed by atoms with Crippen molar-refractivity contribution in [3.05, 3.63) is 59.4 Å². The molecule has 3 heteroatoms. The minimum atomic E-state index is -0.312. The first-order valence-corrected chi connectivity index (χ1v) is 9.96. The summed E-state index contributed by atoms with van der Waals surface area (Å²) in [5.41, 5.74) is 6.07. The van der Waals surface area contributed by atoms with E-state index in [0.717, 1.165) is 11.1 Å². The third kappa shape index (κ3) is 2.94. The summed E-state index contributed by atoms with van der Waals surface area (Å²) in [6, 6.07) is 13.3. The number of carbonyl (C=O) groups is 1. The smallest absolute Gasteiger partial charge is 0.354 e. The fraction of sp³-hybridized carbons (Fsp3) is 0.400. The van der Waals surface area contributed by atoms with Gasteiger partial charge in [-0.05, 0) is 63.3 Å². The summed E-state index contributed by atoms with van der Waals surface area (Å²) in [5.74, 6) is -0.312. The third-order valence-corrected chi connectivity index (χ3v) is 6.54. The molecule has 1 aromatic heterocycles. The molecule has 1 heterocycles. The maximum Gasteiger partial charge on any atom is 0.354 e. The van der Waals surface area contributed by atoms with Crippen LogP contribution in [0.25, 0.3) is 21.9 Å². The molecule has 0 spiro atoms. The lowest BCUT2D eigenvalue weighted by Gasteiger charge is -2.42. The van der Waals surface area contributed by atoms with Gasteiger partial charge >= 0.3 is 5.97 Å². The number of hydrogen-bond acceptors (Lipinski definition) is 2. The molecular formula is C25H29NO2. The second-order valence-corrected chi connectivity index (χ2v) is 9.44. The Morgan fingerprint density at radius 1 is 0.893 bits per heavy atom. The van der Waals surface area contributed by atoms with E-state index < -0.39 is 0 Å². The summed E-state index contributed by atoms with van der Waals surface area (Å²) < 4.78 is 6.70. The molecule has 3 nitrogen and oxygen atoms in total. The van der Waals surface area contributed by atoms with Crippen molar-refractivity contribution in [2.75, 3.05) is 7.11 Å². The number of fused-ring (bicyclic) bond motifs is 2. The van der Waals surface area contributed by atoms with Gasteiger partial charge in [-0.15, -0.1) is 0 Å². The van der Waals surface area contributed by atoms with Gasteiger partial charge in [0.25, 0.3) is 0 Å². The van der Waals surface area contributed by atoms with Crippen LogP contribution < -0.4 is 0 Å². The number of aryl methyl sites for hydroxylation is 1. The molecule has 0 amide bonds. The second-order valence-electron chi connectivity index (χ2n) is 9.44. The van der Waals surface area contributed by atoms with Crippen molar-refractivity contribution < 1.29 is 9.53 Å². The van der Waals surface area contributed by atoms with E-state index in [0.29, 0.717) is 5.69 Å². The molecule has 146 valence electrons. The standard InChI is InChI=1S/C25H29NO2/c1-24(2)9-10-25(3,4)21-13-18-11-16(7-8-17(18)12-20(21)24)19-14-22(23(27)28-6)26(5)15-19/h7-8,11-15H,9-10H2,1-6H3. The summed E-state index contributed by atoms with van der Waals surface area (Å²) in [6.07, 6.45) is 4.41. The van der Waals surface area contributed by atoms with E-state index in [1.54, 1.807) is 0 Å². The van der Waals surface area contributed by atoms with Crippen LogP contribution in [0.15, 0.2) is 42.6 Å². The van der Waals surface area contributed by atoms with Crippen molar-refractivity contribution in [2.24, 2.45) is 7.05 Å². The zero-order chi connectivity index (χ0) is 20.3. The summed E-state index contributed by atoms with van der Waals surface area (Å²) in [7, 11) is 3.29. The lowest BCUT2D eigenvalue weighted by atomic mass is 9.63. The minimum absolute atomic E-state index is 0.194. The molecule has 0 radical (unpaired) electrons. The number of methoxy groups -OCH3 is 1. The van der Waals surface area contributed by atoms with Gasteiger partial charge in [0.15, 0.2) is 0 Å². The lowest BCUT2D eigenvalue weighted by molar-refractivity contribution is 0.0590. The molecule has 0 saturated heterocycles. The number of carbonyl (C=O) groups excluding carboxylic acids is 1.